The van der Waals surface area contributed by atoms with Crippen LogP contribution in [-0.4, -0.2) is 52.2 Å². The second-order valence-corrected chi connectivity index (χ2v) is 4.37. The number of carboxylic acids is 2. The Kier molecular flexibility index (Phi) is 7.31. The third-order valence-corrected chi connectivity index (χ3v) is 2.60. The van der Waals surface area contributed by atoms with Gasteiger partial charge in [0, 0.05) is 0 Å². The Morgan fingerprint density at radius 1 is 1.35 bits per heavy atom. The first-order valence-corrected chi connectivity index (χ1v) is 6.27. The van der Waals surface area contributed by atoms with Gasteiger partial charge < -0.3 is 21.3 Å². The van der Waals surface area contributed by atoms with Gasteiger partial charge >= 0.3 is 11.9 Å². The Bertz CT molecular complexity index is 297. The average molecular weight is 264 g/mol. The van der Waals surface area contributed by atoms with Crippen molar-refractivity contribution in [3.8, 4) is 0 Å². The maximum Gasteiger partial charge on any atom is 0.326 e. The molecule has 0 aromatic carbocycles. The summed E-state index contributed by atoms with van der Waals surface area (Å²) in [7, 11) is 0. The number of rotatable bonds is 8. The van der Waals surface area contributed by atoms with E-state index in [4.69, 9.17) is 15.9 Å². The minimum atomic E-state index is -1.23. The van der Waals surface area contributed by atoms with Crippen LogP contribution >= 0.6 is 11.8 Å². The van der Waals surface area contributed by atoms with Crippen molar-refractivity contribution in [2.45, 2.75) is 24.9 Å². The van der Waals surface area contributed by atoms with E-state index >= 15 is 0 Å². The van der Waals surface area contributed by atoms with E-state index in [9.17, 15) is 14.4 Å². The molecule has 98 valence electrons. The number of hydrogen-bond donors (Lipinski definition) is 4. The lowest BCUT2D eigenvalue weighted by atomic mass is 10.1. The Morgan fingerprint density at radius 3 is 2.35 bits per heavy atom. The summed E-state index contributed by atoms with van der Waals surface area (Å²) in [6, 6.07) is -2.27. The van der Waals surface area contributed by atoms with Gasteiger partial charge in [0.1, 0.15) is 6.04 Å². The minimum Gasteiger partial charge on any atom is -0.481 e. The van der Waals surface area contributed by atoms with Crippen LogP contribution in [0.15, 0.2) is 0 Å². The van der Waals surface area contributed by atoms with Crippen LogP contribution in [0.5, 0.6) is 0 Å². The predicted octanol–water partition coefficient (Wildman–Crippen LogP) is -0.889. The first-order chi connectivity index (χ1) is 7.88. The molecular formula is C9H16N2O5S. The molecule has 0 saturated carbocycles. The summed E-state index contributed by atoms with van der Waals surface area (Å²) in [5.74, 6) is -2.55. The first kappa shape index (κ1) is 15.7. The lowest BCUT2D eigenvalue weighted by molar-refractivity contribution is -0.142. The molecule has 0 bridgehead atoms. The molecule has 17 heavy (non-hydrogen) atoms. The molecule has 0 aromatic heterocycles. The summed E-state index contributed by atoms with van der Waals surface area (Å²) in [5, 5.41) is 19.5. The highest BCUT2D eigenvalue weighted by molar-refractivity contribution is 7.98. The maximum atomic E-state index is 11.4. The third kappa shape index (κ3) is 6.80. The highest BCUT2D eigenvalue weighted by atomic mass is 32.2. The smallest absolute Gasteiger partial charge is 0.326 e. The van der Waals surface area contributed by atoms with Gasteiger partial charge in [-0.3, -0.25) is 9.59 Å². The van der Waals surface area contributed by atoms with Gasteiger partial charge in [-0.2, -0.15) is 11.8 Å². The quantitative estimate of drug-likeness (QED) is 0.447. The topological polar surface area (TPSA) is 130 Å². The fourth-order valence-corrected chi connectivity index (χ4v) is 1.52. The van der Waals surface area contributed by atoms with Crippen molar-refractivity contribution in [1.82, 2.24) is 5.32 Å². The van der Waals surface area contributed by atoms with E-state index in [0.29, 0.717) is 5.75 Å². The highest BCUT2D eigenvalue weighted by Gasteiger charge is 2.24. The van der Waals surface area contributed by atoms with Crippen LogP contribution in [0.1, 0.15) is 12.8 Å². The molecule has 0 heterocycles. The van der Waals surface area contributed by atoms with Gasteiger partial charge in [-0.05, 0) is 18.4 Å². The Labute approximate surface area is 103 Å². The number of carbonyl (C=O) groups is 3. The van der Waals surface area contributed by atoms with Gasteiger partial charge in [0.15, 0.2) is 0 Å². The van der Waals surface area contributed by atoms with Gasteiger partial charge in [0.05, 0.1) is 12.5 Å². The van der Waals surface area contributed by atoms with Gasteiger partial charge in [-0.1, -0.05) is 0 Å². The van der Waals surface area contributed by atoms with E-state index in [-0.39, 0.29) is 6.42 Å². The van der Waals surface area contributed by atoms with E-state index in [0.717, 1.165) is 0 Å². The van der Waals surface area contributed by atoms with E-state index in [1.165, 1.54) is 11.8 Å². The fourth-order valence-electron chi connectivity index (χ4n) is 1.05. The average Bonchev–Trinajstić information content (AvgIpc) is 2.22. The van der Waals surface area contributed by atoms with Crippen LogP contribution in [0.25, 0.3) is 0 Å². The summed E-state index contributed by atoms with van der Waals surface area (Å²) in [6.07, 6.45) is 1.56. The number of nitrogens with one attached hydrogen (secondary N) is 1. The lowest BCUT2D eigenvalue weighted by Gasteiger charge is -2.16. The Balaban J connectivity index is 4.29. The largest absolute Gasteiger partial charge is 0.481 e. The SMILES string of the molecule is CSCCC(NC(=O)C(N)CC(=O)O)C(=O)O. The zero-order chi connectivity index (χ0) is 13.4. The number of aliphatic carboxylic acids is 2. The number of nitrogens with two attached hydrogens (primary N) is 1. The molecule has 0 aliphatic carbocycles. The molecule has 2 atom stereocenters. The molecule has 0 aliphatic rings. The fraction of sp³-hybridized carbons (Fsp3) is 0.667. The summed E-state index contributed by atoms with van der Waals surface area (Å²) in [6.45, 7) is 0. The molecule has 1 amide bonds. The summed E-state index contributed by atoms with van der Waals surface area (Å²) in [4.78, 5) is 32.5. The summed E-state index contributed by atoms with van der Waals surface area (Å²) in [5.41, 5.74) is 5.30. The van der Waals surface area contributed by atoms with Gasteiger partial charge in [0.2, 0.25) is 5.91 Å². The van der Waals surface area contributed by atoms with Crippen molar-refractivity contribution in [3.63, 3.8) is 0 Å². The van der Waals surface area contributed by atoms with Crippen molar-refractivity contribution in [2.24, 2.45) is 5.73 Å². The van der Waals surface area contributed by atoms with E-state index < -0.39 is 36.4 Å². The highest BCUT2D eigenvalue weighted by Crippen LogP contribution is 2.01. The van der Waals surface area contributed by atoms with Crippen molar-refractivity contribution < 1.29 is 24.6 Å². The summed E-state index contributed by atoms with van der Waals surface area (Å²) >= 11 is 1.45. The molecule has 0 radical (unpaired) electrons. The van der Waals surface area contributed by atoms with Crippen molar-refractivity contribution in [2.75, 3.05) is 12.0 Å². The zero-order valence-electron chi connectivity index (χ0n) is 9.38. The number of carboxylic acid groups (broad SMARTS) is 2. The second-order valence-electron chi connectivity index (χ2n) is 3.39. The molecule has 0 fully saturated rings. The molecule has 0 rings (SSSR count). The molecule has 8 heteroatoms. The van der Waals surface area contributed by atoms with Crippen molar-refractivity contribution >= 4 is 29.6 Å². The van der Waals surface area contributed by atoms with Crippen LogP contribution in [-0.2, 0) is 14.4 Å². The summed E-state index contributed by atoms with van der Waals surface area (Å²) < 4.78 is 0. The Hall–Kier alpha value is -1.28. The maximum absolute atomic E-state index is 11.4. The predicted molar refractivity (Wildman–Crippen MR) is 62.8 cm³/mol. The molecule has 7 nitrogen and oxygen atoms in total. The monoisotopic (exact) mass is 264 g/mol. The molecule has 5 N–H and O–H groups in total. The third-order valence-electron chi connectivity index (χ3n) is 1.96. The van der Waals surface area contributed by atoms with Crippen LogP contribution < -0.4 is 11.1 Å². The number of hydrogen-bond acceptors (Lipinski definition) is 5. The minimum absolute atomic E-state index is 0.266. The number of thioether (sulfide) groups is 1. The van der Waals surface area contributed by atoms with Crippen molar-refractivity contribution in [3.05, 3.63) is 0 Å². The molecule has 0 spiro atoms. The molecule has 0 aromatic rings. The normalized spacial score (nSPS) is 13.8. The van der Waals surface area contributed by atoms with Crippen LogP contribution in [0.2, 0.25) is 0 Å². The molecular weight excluding hydrogens is 248 g/mol. The zero-order valence-corrected chi connectivity index (χ0v) is 10.2. The molecule has 0 aliphatic heterocycles. The van der Waals surface area contributed by atoms with E-state index in [1.807, 2.05) is 6.26 Å². The van der Waals surface area contributed by atoms with E-state index in [1.54, 1.807) is 0 Å². The molecule has 0 saturated heterocycles. The Morgan fingerprint density at radius 2 is 1.94 bits per heavy atom. The number of carbonyl (C=O) groups excluding carboxylic acids is 1. The van der Waals surface area contributed by atoms with Crippen LogP contribution in [0.4, 0.5) is 0 Å². The van der Waals surface area contributed by atoms with Crippen LogP contribution in [0, 0.1) is 0 Å². The lowest BCUT2D eigenvalue weighted by Crippen LogP contribution is -2.49. The van der Waals surface area contributed by atoms with E-state index in [2.05, 4.69) is 5.32 Å². The van der Waals surface area contributed by atoms with Crippen molar-refractivity contribution in [1.29, 1.82) is 0 Å². The van der Waals surface area contributed by atoms with Gasteiger partial charge in [-0.25, -0.2) is 4.79 Å². The number of amides is 1. The van der Waals surface area contributed by atoms with Gasteiger partial charge in [0.25, 0.3) is 0 Å². The standard InChI is InChI=1S/C9H16N2O5S/c1-17-3-2-6(9(15)16)11-8(14)5(10)4-7(12)13/h5-6H,2-4,10H2,1H3,(H,11,14)(H,12,13)(H,15,16). The second kappa shape index (κ2) is 7.91. The van der Waals surface area contributed by atoms with Gasteiger partial charge in [-0.15, -0.1) is 0 Å². The molecule has 2 unspecified atom stereocenters. The van der Waals surface area contributed by atoms with Crippen LogP contribution in [0.3, 0.4) is 0 Å². The first-order valence-electron chi connectivity index (χ1n) is 4.88.